The van der Waals surface area contributed by atoms with E-state index in [2.05, 4.69) is 87.3 Å². The molecule has 2 heterocycles. The molecule has 0 aliphatic carbocycles. The topological polar surface area (TPSA) is 19.1 Å². The van der Waals surface area contributed by atoms with Gasteiger partial charge in [-0.1, -0.05) is 66.7 Å². The van der Waals surface area contributed by atoms with Crippen LogP contribution in [-0.2, 0) is 13.1 Å². The van der Waals surface area contributed by atoms with Crippen LogP contribution in [0.1, 0.15) is 16.8 Å². The largest absolute Gasteiger partial charge is 0.298 e. The van der Waals surface area contributed by atoms with E-state index in [-0.39, 0.29) is 0 Å². The molecule has 0 unspecified atom stereocenters. The van der Waals surface area contributed by atoms with Crippen molar-refractivity contribution in [2.24, 2.45) is 0 Å². The first kappa shape index (κ1) is 23.7. The van der Waals surface area contributed by atoms with Crippen LogP contribution in [0.15, 0.2) is 85.1 Å². The summed E-state index contributed by atoms with van der Waals surface area (Å²) in [4.78, 5) is 7.07. The monoisotopic (exact) mass is 473 g/mol. The SMILES string of the molecule is F[P-](F)(F)(F)(F)F.c1ccc(CN2CC[N+](Cc3ccccc3)=C2c2ccccn2)cc1. The Morgan fingerprint density at radius 2 is 1.28 bits per heavy atom. The third-order valence-corrected chi connectivity index (χ3v) is 4.57. The first-order valence-electron chi connectivity index (χ1n) is 9.78. The van der Waals surface area contributed by atoms with Gasteiger partial charge in [-0.15, -0.1) is 0 Å². The molecule has 2 aromatic carbocycles. The van der Waals surface area contributed by atoms with E-state index >= 15 is 0 Å². The van der Waals surface area contributed by atoms with Crippen molar-refractivity contribution in [3.63, 3.8) is 0 Å². The zero-order valence-electron chi connectivity index (χ0n) is 17.0. The molecule has 3 nitrogen and oxygen atoms in total. The molecule has 0 saturated heterocycles. The van der Waals surface area contributed by atoms with Gasteiger partial charge >= 0.3 is 33.0 Å². The fourth-order valence-electron chi connectivity index (χ4n) is 3.39. The van der Waals surface area contributed by atoms with Crippen molar-refractivity contribution < 1.29 is 29.8 Å². The second kappa shape index (κ2) is 8.54. The molecule has 172 valence electrons. The first-order chi connectivity index (χ1) is 14.8. The van der Waals surface area contributed by atoms with Crippen LogP contribution >= 0.6 is 7.81 Å². The van der Waals surface area contributed by atoms with Crippen LogP contribution in [0, 0.1) is 0 Å². The molecule has 0 radical (unpaired) electrons. The number of aromatic nitrogens is 1. The van der Waals surface area contributed by atoms with Gasteiger partial charge in [0.15, 0.2) is 5.69 Å². The summed E-state index contributed by atoms with van der Waals surface area (Å²) in [6.07, 6.45) is 1.88. The summed E-state index contributed by atoms with van der Waals surface area (Å²) in [5.41, 5.74) is 3.71. The maximum atomic E-state index is 9.87. The number of halogens is 6. The van der Waals surface area contributed by atoms with Gasteiger partial charge < -0.3 is 0 Å². The van der Waals surface area contributed by atoms with Crippen molar-refractivity contribution in [3.8, 4) is 0 Å². The molecule has 4 rings (SSSR count). The van der Waals surface area contributed by atoms with Gasteiger partial charge in [-0.25, -0.2) is 4.98 Å². The van der Waals surface area contributed by atoms with Gasteiger partial charge in [0.05, 0.1) is 0 Å². The molecule has 0 N–H and O–H groups in total. The molecule has 3 aromatic rings. The number of hydrogen-bond donors (Lipinski definition) is 0. The van der Waals surface area contributed by atoms with Crippen LogP contribution in [0.3, 0.4) is 0 Å². The summed E-state index contributed by atoms with van der Waals surface area (Å²) >= 11 is 0. The Labute approximate surface area is 181 Å². The smallest absolute Gasteiger partial charge is 0.252 e. The Kier molecular flexibility index (Phi) is 6.33. The van der Waals surface area contributed by atoms with E-state index in [0.29, 0.717) is 0 Å². The maximum Gasteiger partial charge on any atom is 0.298 e. The molecule has 1 aliphatic heterocycles. The van der Waals surface area contributed by atoms with Crippen molar-refractivity contribution in [2.75, 3.05) is 13.1 Å². The number of pyridine rings is 1. The quantitative estimate of drug-likeness (QED) is 0.227. The summed E-state index contributed by atoms with van der Waals surface area (Å²) in [7, 11) is -10.7. The summed E-state index contributed by atoms with van der Waals surface area (Å²) < 4.78 is 61.6. The Bertz CT molecular complexity index is 1050. The fraction of sp³-hybridized carbons (Fsp3) is 0.182. The van der Waals surface area contributed by atoms with Crippen molar-refractivity contribution in [1.29, 1.82) is 0 Å². The number of nitrogens with zero attached hydrogens (tertiary/aromatic N) is 3. The van der Waals surface area contributed by atoms with E-state index in [4.69, 9.17) is 0 Å². The minimum atomic E-state index is -10.7. The third kappa shape index (κ3) is 8.67. The molecule has 0 bridgehead atoms. The van der Waals surface area contributed by atoms with Gasteiger partial charge in [0, 0.05) is 6.20 Å². The first-order valence-corrected chi connectivity index (χ1v) is 11.8. The fourth-order valence-corrected chi connectivity index (χ4v) is 3.39. The van der Waals surface area contributed by atoms with Crippen molar-refractivity contribution in [1.82, 2.24) is 9.88 Å². The van der Waals surface area contributed by atoms with Crippen LogP contribution in [0.5, 0.6) is 0 Å². The Morgan fingerprint density at radius 1 is 0.750 bits per heavy atom. The van der Waals surface area contributed by atoms with E-state index in [0.717, 1.165) is 31.9 Å². The van der Waals surface area contributed by atoms with Crippen LogP contribution < -0.4 is 0 Å². The minimum Gasteiger partial charge on any atom is -0.252 e. The van der Waals surface area contributed by atoms with Gasteiger partial charge in [-0.05, 0) is 23.3 Å². The molecular formula is C22H22F6N3P. The average Bonchev–Trinajstić information content (AvgIpc) is 3.10. The second-order valence-corrected chi connectivity index (χ2v) is 9.23. The number of benzene rings is 2. The molecule has 0 amide bonds. The zero-order valence-corrected chi connectivity index (χ0v) is 17.9. The van der Waals surface area contributed by atoms with Gasteiger partial charge in [-0.3, -0.25) is 9.48 Å². The number of rotatable bonds is 5. The number of hydrogen-bond acceptors (Lipinski definition) is 2. The van der Waals surface area contributed by atoms with Crippen LogP contribution in [0.4, 0.5) is 25.2 Å². The van der Waals surface area contributed by atoms with Gasteiger partial charge in [0.1, 0.15) is 26.2 Å². The Morgan fingerprint density at radius 3 is 1.81 bits per heavy atom. The Hall–Kier alpha value is -2.93. The average molecular weight is 473 g/mol. The maximum absolute atomic E-state index is 10.7. The molecule has 10 heteroatoms. The molecule has 0 spiro atoms. The molecule has 32 heavy (non-hydrogen) atoms. The van der Waals surface area contributed by atoms with E-state index in [1.54, 1.807) is 0 Å². The summed E-state index contributed by atoms with van der Waals surface area (Å²) in [5.74, 6) is 1.23. The zero-order chi connectivity index (χ0) is 23.3. The van der Waals surface area contributed by atoms with E-state index in [9.17, 15) is 25.2 Å². The van der Waals surface area contributed by atoms with Crippen molar-refractivity contribution in [2.45, 2.75) is 13.1 Å². The second-order valence-electron chi connectivity index (χ2n) is 7.31. The molecular weight excluding hydrogens is 451 g/mol. The molecule has 0 saturated carbocycles. The molecule has 1 aliphatic rings. The normalized spacial score (nSPS) is 16.1. The standard InChI is InChI=1S/C22H22N3.F6P/c1-3-9-19(10-4-1)17-24-15-16-25(18-20-11-5-2-6-12-20)22(24)21-13-7-8-14-23-21;1-7(2,3,4,5)6/h1-14H,15-18H2;/q+1;-1. The van der Waals surface area contributed by atoms with Crippen molar-refractivity contribution in [3.05, 3.63) is 102 Å². The molecule has 1 aromatic heterocycles. The minimum absolute atomic E-state index is 0.915. The van der Waals surface area contributed by atoms with Crippen LogP contribution in [-0.4, -0.2) is 33.4 Å². The predicted octanol–water partition coefficient (Wildman–Crippen LogP) is 6.94. The van der Waals surface area contributed by atoms with E-state index in [1.165, 1.54) is 17.0 Å². The summed E-state index contributed by atoms with van der Waals surface area (Å²) in [6.45, 7) is 3.87. The Balaban J connectivity index is 0.000000360. The molecule has 0 fully saturated rings. The van der Waals surface area contributed by atoms with Crippen molar-refractivity contribution >= 4 is 13.6 Å². The van der Waals surface area contributed by atoms with Gasteiger partial charge in [0.2, 0.25) is 0 Å². The van der Waals surface area contributed by atoms with E-state index < -0.39 is 7.81 Å². The van der Waals surface area contributed by atoms with Gasteiger partial charge in [0.25, 0.3) is 5.84 Å². The predicted molar refractivity (Wildman–Crippen MR) is 114 cm³/mol. The van der Waals surface area contributed by atoms with E-state index in [1.807, 2.05) is 12.3 Å². The molecule has 0 atom stereocenters. The third-order valence-electron chi connectivity index (χ3n) is 4.57. The van der Waals surface area contributed by atoms with Crippen LogP contribution in [0.2, 0.25) is 0 Å². The summed E-state index contributed by atoms with van der Waals surface area (Å²) in [6, 6.07) is 27.5. The van der Waals surface area contributed by atoms with Crippen LogP contribution in [0.25, 0.3) is 0 Å². The summed E-state index contributed by atoms with van der Waals surface area (Å²) in [5, 5.41) is 0. The van der Waals surface area contributed by atoms with Gasteiger partial charge in [-0.2, -0.15) is 0 Å². The number of amidine groups is 1.